The highest BCUT2D eigenvalue weighted by Gasteiger charge is 2.16. The summed E-state index contributed by atoms with van der Waals surface area (Å²) < 4.78 is 63.1. The fourth-order valence-corrected chi connectivity index (χ4v) is 3.69. The lowest BCUT2D eigenvalue weighted by atomic mass is 9.97. The molecule has 0 bridgehead atoms. The molecule has 4 aromatic rings. The number of hydrogen-bond acceptors (Lipinski definition) is 2. The van der Waals surface area contributed by atoms with Gasteiger partial charge in [-0.1, -0.05) is 72.8 Å². The smallest absolute Gasteiger partial charge is 0.201 e. The van der Waals surface area contributed by atoms with E-state index in [4.69, 9.17) is 9.84 Å². The van der Waals surface area contributed by atoms with Gasteiger partial charge >= 0.3 is 0 Å². The molecule has 4 aromatic carbocycles. The number of hydrogen-bond donors (Lipinski definition) is 1. The van der Waals surface area contributed by atoms with Gasteiger partial charge in [0.25, 0.3) is 0 Å². The van der Waals surface area contributed by atoms with Crippen LogP contribution in [-0.4, -0.2) is 11.7 Å². The third-order valence-electron chi connectivity index (χ3n) is 5.58. The van der Waals surface area contributed by atoms with Crippen molar-refractivity contribution in [2.24, 2.45) is 0 Å². The molecule has 0 radical (unpaired) electrons. The van der Waals surface area contributed by atoms with E-state index < -0.39 is 23.3 Å². The molecular weight excluding hydrogens is 456 g/mol. The van der Waals surface area contributed by atoms with Gasteiger partial charge < -0.3 is 9.84 Å². The van der Waals surface area contributed by atoms with Crippen LogP contribution in [0, 0.1) is 23.3 Å². The Balaban J connectivity index is 1.56. The molecule has 0 amide bonds. The van der Waals surface area contributed by atoms with Crippen LogP contribution in [0.25, 0.3) is 34.4 Å². The van der Waals surface area contributed by atoms with E-state index in [-0.39, 0.29) is 35.7 Å². The second kappa shape index (κ2) is 10.6. The maximum absolute atomic E-state index is 14.9. The molecule has 0 aliphatic carbocycles. The first-order valence-corrected chi connectivity index (χ1v) is 11.0. The summed E-state index contributed by atoms with van der Waals surface area (Å²) in [7, 11) is 0. The molecule has 0 heterocycles. The fraction of sp³-hybridized carbons (Fsp3) is 0.103. The monoisotopic (exact) mass is 478 g/mol. The molecule has 4 rings (SSSR count). The normalized spacial score (nSPS) is 11.3. The second-order valence-corrected chi connectivity index (χ2v) is 7.81. The van der Waals surface area contributed by atoms with E-state index in [0.717, 1.165) is 0 Å². The van der Waals surface area contributed by atoms with Crippen molar-refractivity contribution < 1.29 is 27.4 Å². The van der Waals surface area contributed by atoms with Crippen LogP contribution in [0.1, 0.15) is 23.6 Å². The first-order valence-electron chi connectivity index (χ1n) is 11.0. The molecule has 0 spiro atoms. The van der Waals surface area contributed by atoms with Gasteiger partial charge in [-0.25, -0.2) is 13.2 Å². The summed E-state index contributed by atoms with van der Waals surface area (Å²) in [6.07, 6.45) is 3.03. The van der Waals surface area contributed by atoms with Crippen molar-refractivity contribution in [3.63, 3.8) is 0 Å². The van der Waals surface area contributed by atoms with Gasteiger partial charge in [-0.05, 0) is 41.3 Å². The number of ether oxygens (including phenoxy) is 1. The van der Waals surface area contributed by atoms with Crippen LogP contribution in [0.15, 0.2) is 72.8 Å². The standard InChI is InChI=1S/C29H22F4O2/c1-2-35-25-16-13-22(26(30)29(25)33)12-5-18-3-8-20(9-4-18)23-14-15-24(28(32)27(23)31)21-10-6-19(17-34)7-11-21/h3-16,34H,2,17H2,1H3/b12-5+. The average Bonchev–Trinajstić information content (AvgIpc) is 2.88. The summed E-state index contributed by atoms with van der Waals surface area (Å²) in [5.74, 6) is -4.13. The molecule has 178 valence electrons. The molecule has 0 atom stereocenters. The molecule has 0 aliphatic heterocycles. The third-order valence-corrected chi connectivity index (χ3v) is 5.58. The number of aliphatic hydroxyl groups is 1. The first kappa shape index (κ1) is 24.2. The SMILES string of the molecule is CCOc1ccc(/C=C/c2ccc(-c3ccc(-c4ccc(CO)cc4)c(F)c3F)cc2)c(F)c1F. The molecule has 0 aromatic heterocycles. The van der Waals surface area contributed by atoms with E-state index in [1.807, 2.05) is 0 Å². The molecule has 0 unspecified atom stereocenters. The van der Waals surface area contributed by atoms with Crippen LogP contribution in [0.2, 0.25) is 0 Å². The van der Waals surface area contributed by atoms with E-state index in [1.165, 1.54) is 30.3 Å². The maximum Gasteiger partial charge on any atom is 0.201 e. The highest BCUT2D eigenvalue weighted by molar-refractivity contribution is 5.75. The highest BCUT2D eigenvalue weighted by Crippen LogP contribution is 2.32. The van der Waals surface area contributed by atoms with Crippen molar-refractivity contribution in [3.8, 4) is 28.0 Å². The summed E-state index contributed by atoms with van der Waals surface area (Å²) in [6, 6.07) is 19.0. The van der Waals surface area contributed by atoms with Gasteiger partial charge in [-0.3, -0.25) is 0 Å². The zero-order valence-electron chi connectivity index (χ0n) is 18.9. The molecular formula is C29H22F4O2. The van der Waals surface area contributed by atoms with E-state index in [1.54, 1.807) is 61.5 Å². The minimum Gasteiger partial charge on any atom is -0.491 e. The molecule has 0 fully saturated rings. The quantitative estimate of drug-likeness (QED) is 0.219. The highest BCUT2D eigenvalue weighted by atomic mass is 19.2. The molecule has 35 heavy (non-hydrogen) atoms. The first-order chi connectivity index (χ1) is 16.9. The van der Waals surface area contributed by atoms with Gasteiger partial charge in [-0.2, -0.15) is 4.39 Å². The van der Waals surface area contributed by atoms with E-state index in [2.05, 4.69) is 0 Å². The number of benzene rings is 4. The van der Waals surface area contributed by atoms with Crippen molar-refractivity contribution >= 4 is 12.2 Å². The molecule has 2 nitrogen and oxygen atoms in total. The van der Waals surface area contributed by atoms with Gasteiger partial charge in [0, 0.05) is 16.7 Å². The van der Waals surface area contributed by atoms with Gasteiger partial charge in [0.2, 0.25) is 5.82 Å². The zero-order chi connectivity index (χ0) is 24.9. The minimum absolute atomic E-state index is 0.0609. The van der Waals surface area contributed by atoms with Crippen molar-refractivity contribution in [2.45, 2.75) is 13.5 Å². The molecule has 0 saturated heterocycles. The lowest BCUT2D eigenvalue weighted by Crippen LogP contribution is -1.98. The summed E-state index contributed by atoms with van der Waals surface area (Å²) >= 11 is 0. The molecule has 0 aliphatic rings. The Morgan fingerprint density at radius 3 is 1.77 bits per heavy atom. The fourth-order valence-electron chi connectivity index (χ4n) is 3.69. The Morgan fingerprint density at radius 1 is 0.657 bits per heavy atom. The Bertz CT molecular complexity index is 1360. The minimum atomic E-state index is -1.05. The van der Waals surface area contributed by atoms with Gasteiger partial charge in [0.1, 0.15) is 0 Å². The van der Waals surface area contributed by atoms with Crippen molar-refractivity contribution in [1.82, 2.24) is 0 Å². The largest absolute Gasteiger partial charge is 0.491 e. The Hall–Kier alpha value is -3.90. The topological polar surface area (TPSA) is 29.5 Å². The lowest BCUT2D eigenvalue weighted by molar-refractivity contribution is 0.282. The van der Waals surface area contributed by atoms with Crippen LogP contribution in [0.3, 0.4) is 0 Å². The third kappa shape index (κ3) is 5.12. The van der Waals surface area contributed by atoms with Gasteiger partial charge in [-0.15, -0.1) is 0 Å². The summed E-state index contributed by atoms with van der Waals surface area (Å²) in [5, 5.41) is 9.15. The Morgan fingerprint density at radius 2 is 1.23 bits per heavy atom. The van der Waals surface area contributed by atoms with Gasteiger partial charge in [0.05, 0.1) is 13.2 Å². The summed E-state index contributed by atoms with van der Waals surface area (Å²) in [6.45, 7) is 1.77. The van der Waals surface area contributed by atoms with E-state index >= 15 is 0 Å². The van der Waals surface area contributed by atoms with Crippen LogP contribution in [0.5, 0.6) is 5.75 Å². The summed E-state index contributed by atoms with van der Waals surface area (Å²) in [4.78, 5) is 0. The average molecular weight is 478 g/mol. The summed E-state index contributed by atoms with van der Waals surface area (Å²) in [5.41, 5.74) is 2.61. The van der Waals surface area contributed by atoms with Crippen LogP contribution in [-0.2, 0) is 6.61 Å². The number of aliphatic hydroxyl groups excluding tert-OH is 1. The lowest BCUT2D eigenvalue weighted by Gasteiger charge is -2.10. The van der Waals surface area contributed by atoms with Crippen LogP contribution >= 0.6 is 0 Å². The molecule has 0 saturated carbocycles. The second-order valence-electron chi connectivity index (χ2n) is 7.81. The number of rotatable bonds is 7. The van der Waals surface area contributed by atoms with E-state index in [9.17, 15) is 17.6 Å². The van der Waals surface area contributed by atoms with E-state index in [0.29, 0.717) is 22.3 Å². The molecule has 6 heteroatoms. The Labute approximate surface area is 200 Å². The predicted molar refractivity (Wildman–Crippen MR) is 130 cm³/mol. The zero-order valence-corrected chi connectivity index (χ0v) is 18.9. The predicted octanol–water partition coefficient (Wildman–Crippen LogP) is 7.64. The maximum atomic E-state index is 14.9. The van der Waals surface area contributed by atoms with Crippen LogP contribution < -0.4 is 4.74 Å². The van der Waals surface area contributed by atoms with Crippen LogP contribution in [0.4, 0.5) is 17.6 Å². The molecule has 1 N–H and O–H groups in total. The van der Waals surface area contributed by atoms with Crippen molar-refractivity contribution in [1.29, 1.82) is 0 Å². The van der Waals surface area contributed by atoms with Gasteiger partial charge in [0.15, 0.2) is 23.2 Å². The van der Waals surface area contributed by atoms with Crippen molar-refractivity contribution in [3.05, 3.63) is 113 Å². The van der Waals surface area contributed by atoms with Crippen molar-refractivity contribution in [2.75, 3.05) is 6.61 Å². The Kier molecular flexibility index (Phi) is 7.32. The number of halogens is 4.